The van der Waals surface area contributed by atoms with E-state index in [1.165, 1.54) is 24.3 Å². The smallest absolute Gasteiger partial charge is 0.261 e. The van der Waals surface area contributed by atoms with Gasteiger partial charge in [0.25, 0.3) is 15.9 Å². The fourth-order valence-corrected chi connectivity index (χ4v) is 4.62. The molecule has 1 fully saturated rings. The Morgan fingerprint density at radius 1 is 0.844 bits per heavy atom. The van der Waals surface area contributed by atoms with Crippen LogP contribution in [0.4, 0.5) is 17.1 Å². The first-order valence-electron chi connectivity index (χ1n) is 10.3. The molecule has 0 unspecified atom stereocenters. The van der Waals surface area contributed by atoms with Gasteiger partial charge in [-0.3, -0.25) is 14.3 Å². The fourth-order valence-electron chi connectivity index (χ4n) is 3.54. The van der Waals surface area contributed by atoms with Gasteiger partial charge in [-0.25, -0.2) is 8.42 Å². The molecule has 2 amide bonds. The molecule has 1 aliphatic heterocycles. The van der Waals surface area contributed by atoms with Crippen LogP contribution in [0.25, 0.3) is 0 Å². The van der Waals surface area contributed by atoms with Gasteiger partial charge in [-0.1, -0.05) is 24.3 Å². The van der Waals surface area contributed by atoms with Crippen molar-refractivity contribution in [2.45, 2.75) is 24.2 Å². The zero-order valence-corrected chi connectivity index (χ0v) is 18.1. The summed E-state index contributed by atoms with van der Waals surface area (Å²) in [5.74, 6) is -0.238. The van der Waals surface area contributed by atoms with Crippen LogP contribution in [0.3, 0.4) is 0 Å². The molecule has 0 aromatic heterocycles. The Kier molecular flexibility index (Phi) is 6.23. The van der Waals surface area contributed by atoms with Crippen LogP contribution < -0.4 is 14.9 Å². The van der Waals surface area contributed by atoms with Crippen LogP contribution in [0.5, 0.6) is 0 Å². The van der Waals surface area contributed by atoms with Crippen molar-refractivity contribution in [3.8, 4) is 0 Å². The van der Waals surface area contributed by atoms with Crippen molar-refractivity contribution in [2.75, 3.05) is 21.5 Å². The molecule has 0 saturated carbocycles. The number of carbonyl (C=O) groups excluding carboxylic acids is 2. The fraction of sp³-hybridized carbons (Fsp3) is 0.167. The Balaban J connectivity index is 1.43. The predicted molar refractivity (Wildman–Crippen MR) is 124 cm³/mol. The van der Waals surface area contributed by atoms with Crippen molar-refractivity contribution >= 4 is 38.9 Å². The molecule has 3 aromatic rings. The van der Waals surface area contributed by atoms with Crippen LogP contribution in [0.2, 0.25) is 0 Å². The maximum Gasteiger partial charge on any atom is 0.261 e. The van der Waals surface area contributed by atoms with Crippen LogP contribution in [0.1, 0.15) is 29.6 Å². The lowest BCUT2D eigenvalue weighted by Crippen LogP contribution is -2.35. The minimum absolute atomic E-state index is 0.0910. The molecule has 0 atom stereocenters. The molecule has 0 radical (unpaired) electrons. The van der Waals surface area contributed by atoms with Gasteiger partial charge in [0.2, 0.25) is 5.91 Å². The van der Waals surface area contributed by atoms with Crippen LogP contribution >= 0.6 is 0 Å². The van der Waals surface area contributed by atoms with Gasteiger partial charge >= 0.3 is 0 Å². The number of sulfonamides is 1. The highest BCUT2D eigenvalue weighted by Gasteiger charge is 2.20. The molecule has 1 aliphatic rings. The lowest BCUT2D eigenvalue weighted by molar-refractivity contribution is -0.119. The van der Waals surface area contributed by atoms with Crippen molar-refractivity contribution in [2.24, 2.45) is 0 Å². The molecular formula is C24H23N3O4S. The van der Waals surface area contributed by atoms with Crippen LogP contribution in [0.15, 0.2) is 83.8 Å². The zero-order valence-electron chi connectivity index (χ0n) is 17.3. The quantitative estimate of drug-likeness (QED) is 0.588. The van der Waals surface area contributed by atoms with Gasteiger partial charge in [0, 0.05) is 35.6 Å². The molecule has 1 heterocycles. The number of piperidine rings is 1. The first-order chi connectivity index (χ1) is 15.4. The monoisotopic (exact) mass is 449 g/mol. The number of amides is 2. The number of hydrogen-bond donors (Lipinski definition) is 2. The summed E-state index contributed by atoms with van der Waals surface area (Å²) in [5.41, 5.74) is 2.08. The molecular weight excluding hydrogens is 426 g/mol. The average Bonchev–Trinajstić information content (AvgIpc) is 2.80. The predicted octanol–water partition coefficient (Wildman–Crippen LogP) is 4.26. The number of carbonyl (C=O) groups is 2. The van der Waals surface area contributed by atoms with E-state index >= 15 is 0 Å². The molecule has 4 rings (SSSR count). The third-order valence-electron chi connectivity index (χ3n) is 5.19. The number of rotatable bonds is 6. The van der Waals surface area contributed by atoms with Crippen LogP contribution in [0, 0.1) is 0 Å². The molecule has 164 valence electrons. The largest absolute Gasteiger partial charge is 0.322 e. The maximum atomic E-state index is 12.7. The van der Waals surface area contributed by atoms with E-state index in [0.29, 0.717) is 29.9 Å². The van der Waals surface area contributed by atoms with Crippen molar-refractivity contribution in [1.29, 1.82) is 0 Å². The van der Waals surface area contributed by atoms with Crippen molar-refractivity contribution in [3.05, 3.63) is 84.4 Å². The standard InChI is InChI=1S/C24H23N3O4S/c28-23-11-4-5-16-27(23)21-8-6-7-20(17-21)25-24(29)18-12-14-19(15-13-18)26-32(30,31)22-9-2-1-3-10-22/h1-3,6-10,12-15,17,26H,4-5,11,16H2,(H,25,29). The molecule has 1 saturated heterocycles. The minimum atomic E-state index is -3.70. The first-order valence-corrected chi connectivity index (χ1v) is 11.8. The molecule has 3 aromatic carbocycles. The maximum absolute atomic E-state index is 12.7. The van der Waals surface area contributed by atoms with Crippen LogP contribution in [-0.2, 0) is 14.8 Å². The second-order valence-electron chi connectivity index (χ2n) is 7.50. The second-order valence-corrected chi connectivity index (χ2v) is 9.19. The molecule has 2 N–H and O–H groups in total. The van der Waals surface area contributed by atoms with Gasteiger partial charge in [-0.05, 0) is 67.4 Å². The summed E-state index contributed by atoms with van der Waals surface area (Å²) in [6, 6.07) is 21.4. The van der Waals surface area contributed by atoms with E-state index < -0.39 is 10.0 Å². The highest BCUT2D eigenvalue weighted by atomic mass is 32.2. The van der Waals surface area contributed by atoms with Gasteiger partial charge < -0.3 is 10.2 Å². The summed E-state index contributed by atoms with van der Waals surface area (Å²) in [6.45, 7) is 0.677. The van der Waals surface area contributed by atoms with Crippen molar-refractivity contribution < 1.29 is 18.0 Å². The van der Waals surface area contributed by atoms with Crippen molar-refractivity contribution in [1.82, 2.24) is 0 Å². The highest BCUT2D eigenvalue weighted by Crippen LogP contribution is 2.24. The normalized spacial score (nSPS) is 14.1. The molecule has 0 spiro atoms. The van der Waals surface area contributed by atoms with Crippen LogP contribution in [-0.4, -0.2) is 26.8 Å². The van der Waals surface area contributed by atoms with Gasteiger partial charge in [-0.15, -0.1) is 0 Å². The Bertz CT molecular complexity index is 1230. The molecule has 0 aliphatic carbocycles. The van der Waals surface area contributed by atoms with Gasteiger partial charge in [-0.2, -0.15) is 0 Å². The summed E-state index contributed by atoms with van der Waals surface area (Å²) in [7, 11) is -3.70. The number of anilines is 3. The molecule has 8 heteroatoms. The molecule has 32 heavy (non-hydrogen) atoms. The summed E-state index contributed by atoms with van der Waals surface area (Å²) < 4.78 is 27.4. The molecule has 7 nitrogen and oxygen atoms in total. The SMILES string of the molecule is O=C(Nc1cccc(N2CCCCC2=O)c1)c1ccc(NS(=O)(=O)c2ccccc2)cc1. The van der Waals surface area contributed by atoms with Crippen molar-refractivity contribution in [3.63, 3.8) is 0 Å². The number of hydrogen-bond acceptors (Lipinski definition) is 4. The van der Waals surface area contributed by atoms with E-state index in [9.17, 15) is 18.0 Å². The third-order valence-corrected chi connectivity index (χ3v) is 6.59. The topological polar surface area (TPSA) is 95.6 Å². The number of nitrogens with zero attached hydrogens (tertiary/aromatic N) is 1. The van der Waals surface area contributed by atoms with E-state index in [2.05, 4.69) is 10.0 Å². The zero-order chi connectivity index (χ0) is 22.6. The van der Waals surface area contributed by atoms with E-state index in [1.54, 1.807) is 53.4 Å². The summed E-state index contributed by atoms with van der Waals surface area (Å²) in [6.07, 6.45) is 2.41. The number of nitrogens with one attached hydrogen (secondary N) is 2. The van der Waals surface area contributed by atoms with E-state index in [1.807, 2.05) is 6.07 Å². The van der Waals surface area contributed by atoms with Gasteiger partial charge in [0.1, 0.15) is 0 Å². The first kappa shape index (κ1) is 21.6. The van der Waals surface area contributed by atoms with Gasteiger partial charge in [0.05, 0.1) is 4.90 Å². The Morgan fingerprint density at radius 2 is 1.59 bits per heavy atom. The Morgan fingerprint density at radius 3 is 2.31 bits per heavy atom. The van der Waals surface area contributed by atoms with E-state index in [4.69, 9.17) is 0 Å². The van der Waals surface area contributed by atoms with Gasteiger partial charge in [0.15, 0.2) is 0 Å². The highest BCUT2D eigenvalue weighted by molar-refractivity contribution is 7.92. The number of benzene rings is 3. The second kappa shape index (κ2) is 9.23. The van der Waals surface area contributed by atoms with E-state index in [0.717, 1.165) is 18.5 Å². The summed E-state index contributed by atoms with van der Waals surface area (Å²) in [5, 5.41) is 2.83. The average molecular weight is 450 g/mol. The third kappa shape index (κ3) is 4.97. The Labute approximate surface area is 187 Å². The Hall–Kier alpha value is -3.65. The minimum Gasteiger partial charge on any atom is -0.322 e. The summed E-state index contributed by atoms with van der Waals surface area (Å²) in [4.78, 5) is 26.7. The van der Waals surface area contributed by atoms with E-state index in [-0.39, 0.29) is 16.7 Å². The molecule has 0 bridgehead atoms. The lowest BCUT2D eigenvalue weighted by atomic mass is 10.1. The lowest BCUT2D eigenvalue weighted by Gasteiger charge is -2.27. The summed E-state index contributed by atoms with van der Waals surface area (Å²) >= 11 is 0.